The lowest BCUT2D eigenvalue weighted by atomic mass is 9.97. The topological polar surface area (TPSA) is 28.2 Å². The van der Waals surface area contributed by atoms with Crippen molar-refractivity contribution in [3.8, 4) is 0 Å². The molecule has 0 spiro atoms. The van der Waals surface area contributed by atoms with Gasteiger partial charge in [-0.15, -0.1) is 0 Å². The third kappa shape index (κ3) is 4.59. The highest BCUT2D eigenvalue weighted by Gasteiger charge is 2.20. The molecule has 114 valence electrons. The average Bonchev–Trinajstić information content (AvgIpc) is 2.94. The number of nitrogens with zero attached hydrogens (tertiary/aromatic N) is 2. The van der Waals surface area contributed by atoms with Gasteiger partial charge in [-0.1, -0.05) is 6.92 Å². The number of aromatic nitrogens is 1. The van der Waals surface area contributed by atoms with Gasteiger partial charge in [0, 0.05) is 13.1 Å². The van der Waals surface area contributed by atoms with Crippen LogP contribution in [0.4, 0.5) is 4.39 Å². The van der Waals surface area contributed by atoms with Crippen LogP contribution in [0.1, 0.15) is 24.2 Å². The molecule has 0 bridgehead atoms. The largest absolute Gasteiger partial charge is 0.311 e. The standard InChI is InChI=1S/C16H22FN3S/c1-12(9-20(3)10-13-6-7-21-11-13)16(18-2)15-5-4-14(17)8-19-15/h4-8,11-12,16,18H,9-10H2,1-3H3. The smallest absolute Gasteiger partial charge is 0.141 e. The van der Waals surface area contributed by atoms with Gasteiger partial charge in [-0.2, -0.15) is 11.3 Å². The van der Waals surface area contributed by atoms with Crippen molar-refractivity contribution in [2.45, 2.75) is 19.5 Å². The van der Waals surface area contributed by atoms with Gasteiger partial charge in [0.25, 0.3) is 0 Å². The summed E-state index contributed by atoms with van der Waals surface area (Å²) in [5.41, 5.74) is 2.23. The van der Waals surface area contributed by atoms with Crippen molar-refractivity contribution in [1.82, 2.24) is 15.2 Å². The average molecular weight is 307 g/mol. The second-order valence-electron chi connectivity index (χ2n) is 5.47. The number of rotatable bonds is 7. The Balaban J connectivity index is 1.96. The zero-order valence-corrected chi connectivity index (χ0v) is 13.5. The minimum Gasteiger partial charge on any atom is -0.311 e. The highest BCUT2D eigenvalue weighted by Crippen LogP contribution is 2.21. The Kier molecular flexibility index (Phi) is 5.85. The van der Waals surface area contributed by atoms with E-state index in [0.717, 1.165) is 18.8 Å². The summed E-state index contributed by atoms with van der Waals surface area (Å²) in [7, 11) is 4.05. The van der Waals surface area contributed by atoms with Crippen LogP contribution in [0, 0.1) is 11.7 Å². The van der Waals surface area contributed by atoms with Gasteiger partial charge < -0.3 is 10.2 Å². The Morgan fingerprint density at radius 1 is 1.38 bits per heavy atom. The third-order valence-corrected chi connectivity index (χ3v) is 4.31. The maximum absolute atomic E-state index is 13.0. The molecule has 3 nitrogen and oxygen atoms in total. The molecule has 21 heavy (non-hydrogen) atoms. The van der Waals surface area contributed by atoms with Crippen LogP contribution in [0.2, 0.25) is 0 Å². The Bertz CT molecular complexity index is 527. The van der Waals surface area contributed by atoms with Gasteiger partial charge in [0.05, 0.1) is 17.9 Å². The maximum Gasteiger partial charge on any atom is 0.141 e. The number of hydrogen-bond donors (Lipinski definition) is 1. The molecular weight excluding hydrogens is 285 g/mol. The van der Waals surface area contributed by atoms with Gasteiger partial charge in [-0.05, 0) is 54.5 Å². The summed E-state index contributed by atoms with van der Waals surface area (Å²) in [5, 5.41) is 7.57. The van der Waals surface area contributed by atoms with E-state index in [4.69, 9.17) is 0 Å². The van der Waals surface area contributed by atoms with E-state index in [1.807, 2.05) is 7.05 Å². The molecule has 0 aromatic carbocycles. The second-order valence-corrected chi connectivity index (χ2v) is 6.25. The van der Waals surface area contributed by atoms with Crippen molar-refractivity contribution in [3.05, 3.63) is 52.2 Å². The summed E-state index contributed by atoms with van der Waals surface area (Å²) >= 11 is 1.72. The summed E-state index contributed by atoms with van der Waals surface area (Å²) in [6, 6.07) is 5.50. The fourth-order valence-electron chi connectivity index (χ4n) is 2.65. The van der Waals surface area contributed by atoms with Crippen LogP contribution in [-0.2, 0) is 6.54 Å². The molecule has 0 fully saturated rings. The molecule has 0 amide bonds. The molecule has 2 unspecified atom stereocenters. The lowest BCUT2D eigenvalue weighted by molar-refractivity contribution is 0.244. The first kappa shape index (κ1) is 16.1. The molecule has 2 atom stereocenters. The molecular formula is C16H22FN3S. The summed E-state index contributed by atoms with van der Waals surface area (Å²) in [4.78, 5) is 6.51. The van der Waals surface area contributed by atoms with E-state index >= 15 is 0 Å². The molecule has 0 aliphatic carbocycles. The Hall–Kier alpha value is -1.30. The van der Waals surface area contributed by atoms with Crippen molar-refractivity contribution < 1.29 is 4.39 Å². The predicted molar refractivity (Wildman–Crippen MR) is 85.8 cm³/mol. The lowest BCUT2D eigenvalue weighted by Gasteiger charge is -2.27. The van der Waals surface area contributed by atoms with E-state index in [9.17, 15) is 4.39 Å². The van der Waals surface area contributed by atoms with Gasteiger partial charge in [0.15, 0.2) is 0 Å². The third-order valence-electron chi connectivity index (χ3n) is 3.58. The van der Waals surface area contributed by atoms with Gasteiger partial charge >= 0.3 is 0 Å². The van der Waals surface area contributed by atoms with Crippen LogP contribution in [0.25, 0.3) is 0 Å². The van der Waals surface area contributed by atoms with Crippen LogP contribution in [-0.4, -0.2) is 30.5 Å². The van der Waals surface area contributed by atoms with Gasteiger partial charge in [0.2, 0.25) is 0 Å². The van der Waals surface area contributed by atoms with Crippen molar-refractivity contribution in [2.24, 2.45) is 5.92 Å². The van der Waals surface area contributed by atoms with Gasteiger partial charge in [0.1, 0.15) is 5.82 Å². The molecule has 2 aromatic heterocycles. The quantitative estimate of drug-likeness (QED) is 0.850. The zero-order chi connectivity index (χ0) is 15.2. The van der Waals surface area contributed by atoms with Crippen molar-refractivity contribution in [3.63, 3.8) is 0 Å². The molecule has 0 saturated heterocycles. The van der Waals surface area contributed by atoms with Crippen LogP contribution in [0.5, 0.6) is 0 Å². The summed E-state index contributed by atoms with van der Waals surface area (Å²) in [6.45, 7) is 4.08. The van der Waals surface area contributed by atoms with E-state index < -0.39 is 0 Å². The molecule has 2 heterocycles. The lowest BCUT2D eigenvalue weighted by Crippen LogP contribution is -2.33. The van der Waals surface area contributed by atoms with Crippen LogP contribution in [0.15, 0.2) is 35.2 Å². The molecule has 0 saturated carbocycles. The zero-order valence-electron chi connectivity index (χ0n) is 12.7. The Labute approximate surface area is 129 Å². The molecule has 0 radical (unpaired) electrons. The summed E-state index contributed by atoms with van der Waals surface area (Å²) in [6.07, 6.45) is 1.28. The SMILES string of the molecule is CNC(c1ccc(F)cn1)C(C)CN(C)Cc1ccsc1. The normalized spacial score (nSPS) is 14.3. The van der Waals surface area contributed by atoms with E-state index in [1.165, 1.54) is 17.8 Å². The second kappa shape index (κ2) is 7.64. The highest BCUT2D eigenvalue weighted by molar-refractivity contribution is 7.07. The highest BCUT2D eigenvalue weighted by atomic mass is 32.1. The number of nitrogens with one attached hydrogen (secondary N) is 1. The summed E-state index contributed by atoms with van der Waals surface area (Å²) < 4.78 is 13.0. The van der Waals surface area contributed by atoms with Crippen molar-refractivity contribution >= 4 is 11.3 Å². The number of hydrogen-bond acceptors (Lipinski definition) is 4. The first-order chi connectivity index (χ1) is 10.1. The first-order valence-electron chi connectivity index (χ1n) is 7.08. The minimum atomic E-state index is -0.296. The van der Waals surface area contributed by atoms with Crippen LogP contribution < -0.4 is 5.32 Å². The van der Waals surface area contributed by atoms with Crippen LogP contribution >= 0.6 is 11.3 Å². The Morgan fingerprint density at radius 3 is 2.76 bits per heavy atom. The fraction of sp³-hybridized carbons (Fsp3) is 0.438. The molecule has 2 aromatic rings. The predicted octanol–water partition coefficient (Wildman–Crippen LogP) is 3.31. The number of halogens is 1. The molecule has 5 heteroatoms. The van der Waals surface area contributed by atoms with Gasteiger partial charge in [-0.3, -0.25) is 4.98 Å². The van der Waals surface area contributed by atoms with Crippen LogP contribution in [0.3, 0.4) is 0 Å². The van der Waals surface area contributed by atoms with E-state index in [2.05, 4.69) is 46.0 Å². The minimum absolute atomic E-state index is 0.121. The maximum atomic E-state index is 13.0. The fourth-order valence-corrected chi connectivity index (χ4v) is 3.31. The Morgan fingerprint density at radius 2 is 2.19 bits per heavy atom. The van der Waals surface area contributed by atoms with E-state index in [1.54, 1.807) is 17.4 Å². The molecule has 0 aliphatic rings. The van der Waals surface area contributed by atoms with Crippen molar-refractivity contribution in [1.29, 1.82) is 0 Å². The number of thiophene rings is 1. The van der Waals surface area contributed by atoms with E-state index in [0.29, 0.717) is 5.92 Å². The molecule has 1 N–H and O–H groups in total. The van der Waals surface area contributed by atoms with Gasteiger partial charge in [-0.25, -0.2) is 4.39 Å². The monoisotopic (exact) mass is 307 g/mol. The molecule has 0 aliphatic heterocycles. The van der Waals surface area contributed by atoms with Crippen molar-refractivity contribution in [2.75, 3.05) is 20.6 Å². The number of pyridine rings is 1. The molecule has 2 rings (SSSR count). The van der Waals surface area contributed by atoms with E-state index in [-0.39, 0.29) is 11.9 Å². The summed E-state index contributed by atoms with van der Waals surface area (Å²) in [5.74, 6) is 0.0763. The first-order valence-corrected chi connectivity index (χ1v) is 8.02.